The average molecular weight is 221 g/mol. The van der Waals surface area contributed by atoms with Gasteiger partial charge in [-0.2, -0.15) is 0 Å². The lowest BCUT2D eigenvalue weighted by Gasteiger charge is -2.22. The van der Waals surface area contributed by atoms with Gasteiger partial charge in [-0.3, -0.25) is 0 Å². The molecule has 16 heavy (non-hydrogen) atoms. The van der Waals surface area contributed by atoms with Crippen LogP contribution in [0.5, 0.6) is 0 Å². The van der Waals surface area contributed by atoms with Crippen molar-refractivity contribution in [3.05, 3.63) is 12.2 Å². The van der Waals surface area contributed by atoms with E-state index in [4.69, 9.17) is 0 Å². The monoisotopic (exact) mass is 221 g/mol. The fraction of sp³-hybridized carbons (Fsp3) is 0.867. The number of rotatable bonds is 2. The molecule has 0 aliphatic heterocycles. The summed E-state index contributed by atoms with van der Waals surface area (Å²) in [5, 5.41) is 3.86. The highest BCUT2D eigenvalue weighted by Crippen LogP contribution is 2.21. The molecule has 1 heteroatoms. The van der Waals surface area contributed by atoms with Crippen LogP contribution in [0.4, 0.5) is 0 Å². The van der Waals surface area contributed by atoms with Gasteiger partial charge in [0.1, 0.15) is 0 Å². The van der Waals surface area contributed by atoms with Gasteiger partial charge in [0.05, 0.1) is 0 Å². The van der Waals surface area contributed by atoms with Gasteiger partial charge < -0.3 is 5.32 Å². The molecule has 1 saturated carbocycles. The second kappa shape index (κ2) is 6.44. The zero-order valence-electron chi connectivity index (χ0n) is 10.8. The van der Waals surface area contributed by atoms with E-state index in [1.165, 1.54) is 57.8 Å². The van der Waals surface area contributed by atoms with Crippen LogP contribution in [-0.2, 0) is 0 Å². The molecule has 2 unspecified atom stereocenters. The van der Waals surface area contributed by atoms with E-state index in [0.29, 0.717) is 6.04 Å². The van der Waals surface area contributed by atoms with Crippen LogP contribution >= 0.6 is 0 Å². The fourth-order valence-corrected chi connectivity index (χ4v) is 3.11. The third-order valence-corrected chi connectivity index (χ3v) is 4.10. The summed E-state index contributed by atoms with van der Waals surface area (Å²) in [5.41, 5.74) is 0. The summed E-state index contributed by atoms with van der Waals surface area (Å²) in [6.07, 6.45) is 17.6. The minimum Gasteiger partial charge on any atom is -0.308 e. The van der Waals surface area contributed by atoms with Crippen molar-refractivity contribution < 1.29 is 0 Å². The molecule has 1 nitrogen and oxygen atoms in total. The van der Waals surface area contributed by atoms with Gasteiger partial charge in [0.25, 0.3) is 0 Å². The van der Waals surface area contributed by atoms with Crippen molar-refractivity contribution in [2.24, 2.45) is 5.92 Å². The molecule has 0 aromatic carbocycles. The number of nitrogens with one attached hydrogen (secondary N) is 1. The maximum atomic E-state index is 3.86. The number of hydrogen-bond acceptors (Lipinski definition) is 1. The quantitative estimate of drug-likeness (QED) is 0.694. The molecule has 0 heterocycles. The van der Waals surface area contributed by atoms with Crippen molar-refractivity contribution in [2.75, 3.05) is 0 Å². The smallest absolute Gasteiger partial charge is 0.0258 e. The van der Waals surface area contributed by atoms with E-state index in [0.717, 1.165) is 12.0 Å². The van der Waals surface area contributed by atoms with E-state index in [2.05, 4.69) is 24.4 Å². The Bertz CT molecular complexity index is 211. The Kier molecular flexibility index (Phi) is 4.90. The summed E-state index contributed by atoms with van der Waals surface area (Å²) < 4.78 is 0. The molecule has 2 aliphatic rings. The molecule has 92 valence electrons. The van der Waals surface area contributed by atoms with Crippen LogP contribution in [-0.4, -0.2) is 12.1 Å². The Balaban J connectivity index is 1.75. The molecule has 0 radical (unpaired) electrons. The van der Waals surface area contributed by atoms with Crippen molar-refractivity contribution in [1.29, 1.82) is 0 Å². The van der Waals surface area contributed by atoms with Crippen molar-refractivity contribution in [2.45, 2.75) is 76.8 Å². The molecule has 0 bridgehead atoms. The molecule has 2 aliphatic carbocycles. The van der Waals surface area contributed by atoms with Crippen LogP contribution in [0, 0.1) is 5.92 Å². The highest BCUT2D eigenvalue weighted by molar-refractivity contribution is 5.05. The van der Waals surface area contributed by atoms with E-state index in [1.54, 1.807) is 0 Å². The van der Waals surface area contributed by atoms with Gasteiger partial charge >= 0.3 is 0 Å². The minimum atomic E-state index is 0.667. The van der Waals surface area contributed by atoms with E-state index in [-0.39, 0.29) is 0 Å². The van der Waals surface area contributed by atoms with E-state index >= 15 is 0 Å². The van der Waals surface area contributed by atoms with Gasteiger partial charge in [-0.1, -0.05) is 57.6 Å². The molecule has 0 spiro atoms. The molecule has 0 aromatic rings. The Labute approximate surface area is 101 Å². The van der Waals surface area contributed by atoms with Crippen LogP contribution in [0.1, 0.15) is 64.7 Å². The molecule has 0 amide bonds. The highest BCUT2D eigenvalue weighted by atomic mass is 14.9. The summed E-state index contributed by atoms with van der Waals surface area (Å²) in [5.74, 6) is 0.786. The molecule has 1 N–H and O–H groups in total. The predicted octanol–water partition coefficient (Wildman–Crippen LogP) is 4.04. The lowest BCUT2D eigenvalue weighted by molar-refractivity contribution is 0.393. The zero-order chi connectivity index (χ0) is 11.2. The zero-order valence-corrected chi connectivity index (χ0v) is 10.8. The largest absolute Gasteiger partial charge is 0.308 e. The summed E-state index contributed by atoms with van der Waals surface area (Å²) >= 11 is 0. The predicted molar refractivity (Wildman–Crippen MR) is 70.6 cm³/mol. The van der Waals surface area contributed by atoms with E-state index in [1.807, 2.05) is 0 Å². The minimum absolute atomic E-state index is 0.667. The van der Waals surface area contributed by atoms with Gasteiger partial charge in [-0.25, -0.2) is 0 Å². The van der Waals surface area contributed by atoms with Crippen LogP contribution in [0.25, 0.3) is 0 Å². The Morgan fingerprint density at radius 1 is 0.875 bits per heavy atom. The normalized spacial score (nSPS) is 33.3. The third kappa shape index (κ3) is 3.93. The summed E-state index contributed by atoms with van der Waals surface area (Å²) in [7, 11) is 0. The van der Waals surface area contributed by atoms with Gasteiger partial charge in [-0.15, -0.1) is 0 Å². The van der Waals surface area contributed by atoms with E-state index in [9.17, 15) is 0 Å². The summed E-state index contributed by atoms with van der Waals surface area (Å²) in [6, 6.07) is 1.46. The van der Waals surface area contributed by atoms with Gasteiger partial charge in [0.15, 0.2) is 0 Å². The van der Waals surface area contributed by atoms with E-state index < -0.39 is 0 Å². The first-order valence-electron chi connectivity index (χ1n) is 7.29. The SMILES string of the molecule is CC1C=CC(NC2CCCCCCCC2)C1. The lowest BCUT2D eigenvalue weighted by atomic mass is 10.0. The first-order chi connectivity index (χ1) is 7.84. The molecular formula is C15H27N. The molecule has 2 rings (SSSR count). The molecule has 0 saturated heterocycles. The van der Waals surface area contributed by atoms with Crippen LogP contribution < -0.4 is 5.32 Å². The van der Waals surface area contributed by atoms with Gasteiger partial charge in [0, 0.05) is 12.1 Å². The average Bonchev–Trinajstić information content (AvgIpc) is 2.71. The summed E-state index contributed by atoms with van der Waals surface area (Å²) in [6.45, 7) is 2.32. The number of allylic oxidation sites excluding steroid dienone is 1. The van der Waals surface area contributed by atoms with Crippen LogP contribution in [0.3, 0.4) is 0 Å². The van der Waals surface area contributed by atoms with Gasteiger partial charge in [-0.05, 0) is 25.2 Å². The first-order valence-corrected chi connectivity index (χ1v) is 7.29. The first kappa shape index (κ1) is 12.2. The summed E-state index contributed by atoms with van der Waals surface area (Å²) in [4.78, 5) is 0. The standard InChI is InChI=1S/C15H27N/c1-13-10-11-15(12-13)16-14-8-6-4-2-3-5-7-9-14/h10-11,13-16H,2-9,12H2,1H3. The maximum absolute atomic E-state index is 3.86. The molecule has 2 atom stereocenters. The highest BCUT2D eigenvalue weighted by Gasteiger charge is 2.18. The molecule has 1 fully saturated rings. The lowest BCUT2D eigenvalue weighted by Crippen LogP contribution is -2.36. The second-order valence-corrected chi connectivity index (χ2v) is 5.77. The van der Waals surface area contributed by atoms with Crippen LogP contribution in [0.2, 0.25) is 0 Å². The topological polar surface area (TPSA) is 12.0 Å². The Morgan fingerprint density at radius 3 is 2.06 bits per heavy atom. The molecular weight excluding hydrogens is 194 g/mol. The number of hydrogen-bond donors (Lipinski definition) is 1. The van der Waals surface area contributed by atoms with Crippen molar-refractivity contribution in [1.82, 2.24) is 5.32 Å². The Hall–Kier alpha value is -0.300. The fourth-order valence-electron chi connectivity index (χ4n) is 3.11. The van der Waals surface area contributed by atoms with Crippen molar-refractivity contribution in [3.8, 4) is 0 Å². The van der Waals surface area contributed by atoms with Crippen LogP contribution in [0.15, 0.2) is 12.2 Å². The Morgan fingerprint density at radius 2 is 1.50 bits per heavy atom. The second-order valence-electron chi connectivity index (χ2n) is 5.77. The molecule has 0 aromatic heterocycles. The van der Waals surface area contributed by atoms with Gasteiger partial charge in [0.2, 0.25) is 0 Å². The third-order valence-electron chi connectivity index (χ3n) is 4.10. The maximum Gasteiger partial charge on any atom is 0.0258 e. The van der Waals surface area contributed by atoms with Crippen molar-refractivity contribution in [3.63, 3.8) is 0 Å². The van der Waals surface area contributed by atoms with Crippen molar-refractivity contribution >= 4 is 0 Å².